The molecule has 1 heterocycles. The SMILES string of the molecule is CC(=O)N[C@H](CC(=O)N[C@H](C)c1cc2ccccc2o1)c1ccccc1. The number of amides is 2. The first-order chi connectivity index (χ1) is 12.5. The van der Waals surface area contributed by atoms with Crippen LogP contribution < -0.4 is 10.6 Å². The quantitative estimate of drug-likeness (QED) is 0.709. The highest BCUT2D eigenvalue weighted by molar-refractivity contribution is 5.80. The molecule has 5 heteroatoms. The van der Waals surface area contributed by atoms with Gasteiger partial charge in [0.05, 0.1) is 18.5 Å². The van der Waals surface area contributed by atoms with Gasteiger partial charge in [0.1, 0.15) is 11.3 Å². The molecule has 2 atom stereocenters. The molecule has 2 aromatic carbocycles. The first-order valence-corrected chi connectivity index (χ1v) is 8.63. The molecule has 0 spiro atoms. The smallest absolute Gasteiger partial charge is 0.222 e. The molecule has 2 amide bonds. The van der Waals surface area contributed by atoms with Crippen LogP contribution in [0.25, 0.3) is 11.0 Å². The highest BCUT2D eigenvalue weighted by atomic mass is 16.3. The Balaban J connectivity index is 1.68. The summed E-state index contributed by atoms with van der Waals surface area (Å²) in [6.45, 7) is 3.33. The van der Waals surface area contributed by atoms with Crippen molar-refractivity contribution < 1.29 is 14.0 Å². The van der Waals surface area contributed by atoms with Gasteiger partial charge >= 0.3 is 0 Å². The van der Waals surface area contributed by atoms with Gasteiger partial charge in [-0.2, -0.15) is 0 Å². The van der Waals surface area contributed by atoms with Gasteiger partial charge in [-0.25, -0.2) is 0 Å². The van der Waals surface area contributed by atoms with E-state index in [4.69, 9.17) is 4.42 Å². The van der Waals surface area contributed by atoms with Gasteiger partial charge in [-0.3, -0.25) is 9.59 Å². The van der Waals surface area contributed by atoms with Crippen molar-refractivity contribution in [3.63, 3.8) is 0 Å². The molecular weight excluding hydrogens is 328 g/mol. The largest absolute Gasteiger partial charge is 0.459 e. The van der Waals surface area contributed by atoms with Gasteiger partial charge in [0.25, 0.3) is 0 Å². The first kappa shape index (κ1) is 17.7. The van der Waals surface area contributed by atoms with Crippen molar-refractivity contribution in [2.45, 2.75) is 32.4 Å². The standard InChI is InChI=1S/C21H22N2O3/c1-14(20-12-17-10-6-7-11-19(17)26-20)22-21(25)13-18(23-15(2)24)16-8-4-3-5-9-16/h3-12,14,18H,13H2,1-2H3,(H,22,25)(H,23,24)/t14-,18-/m1/s1. The monoisotopic (exact) mass is 350 g/mol. The molecule has 3 aromatic rings. The summed E-state index contributed by atoms with van der Waals surface area (Å²) < 4.78 is 5.80. The molecule has 2 N–H and O–H groups in total. The summed E-state index contributed by atoms with van der Waals surface area (Å²) in [7, 11) is 0. The number of rotatable bonds is 6. The minimum atomic E-state index is -0.364. The Morgan fingerprint density at radius 3 is 2.38 bits per heavy atom. The number of hydrogen-bond donors (Lipinski definition) is 2. The average Bonchev–Trinajstić information content (AvgIpc) is 3.06. The summed E-state index contributed by atoms with van der Waals surface area (Å²) in [5.41, 5.74) is 1.69. The number of fused-ring (bicyclic) bond motifs is 1. The highest BCUT2D eigenvalue weighted by Gasteiger charge is 2.20. The van der Waals surface area contributed by atoms with Gasteiger partial charge in [-0.1, -0.05) is 48.5 Å². The van der Waals surface area contributed by atoms with Crippen molar-refractivity contribution in [3.8, 4) is 0 Å². The molecule has 0 fully saturated rings. The van der Waals surface area contributed by atoms with Crippen LogP contribution in [0.4, 0.5) is 0 Å². The lowest BCUT2D eigenvalue weighted by Gasteiger charge is -2.19. The average molecular weight is 350 g/mol. The van der Waals surface area contributed by atoms with Crippen LogP contribution in [0.3, 0.4) is 0 Å². The molecule has 1 aromatic heterocycles. The summed E-state index contributed by atoms with van der Waals surface area (Å²) in [5.74, 6) is 0.382. The third kappa shape index (κ3) is 4.30. The fraction of sp³-hybridized carbons (Fsp3) is 0.238. The summed E-state index contributed by atoms with van der Waals surface area (Å²) in [5, 5.41) is 6.79. The van der Waals surface area contributed by atoms with Crippen LogP contribution in [-0.4, -0.2) is 11.8 Å². The van der Waals surface area contributed by atoms with Gasteiger partial charge < -0.3 is 15.1 Å². The normalized spacial score (nSPS) is 13.2. The molecule has 134 valence electrons. The van der Waals surface area contributed by atoms with E-state index in [1.165, 1.54) is 6.92 Å². The second-order valence-corrected chi connectivity index (χ2v) is 6.34. The summed E-state index contributed by atoms with van der Waals surface area (Å²) in [4.78, 5) is 24.0. The van der Waals surface area contributed by atoms with Crippen LogP contribution in [0.1, 0.15) is 43.7 Å². The predicted molar refractivity (Wildman–Crippen MR) is 100 cm³/mol. The van der Waals surface area contributed by atoms with Crippen LogP contribution in [0.15, 0.2) is 65.1 Å². The maximum Gasteiger partial charge on any atom is 0.222 e. The van der Waals surface area contributed by atoms with Gasteiger partial charge in [-0.15, -0.1) is 0 Å². The zero-order valence-electron chi connectivity index (χ0n) is 14.9. The van der Waals surface area contributed by atoms with Crippen LogP contribution in [0.5, 0.6) is 0 Å². The van der Waals surface area contributed by atoms with E-state index in [-0.39, 0.29) is 30.3 Å². The van der Waals surface area contributed by atoms with Gasteiger partial charge in [0, 0.05) is 12.3 Å². The molecule has 0 aliphatic heterocycles. The minimum Gasteiger partial charge on any atom is -0.459 e. The lowest BCUT2D eigenvalue weighted by molar-refractivity contribution is -0.123. The van der Waals surface area contributed by atoms with Crippen LogP contribution in [0.2, 0.25) is 0 Å². The Hall–Kier alpha value is -3.08. The molecule has 0 radical (unpaired) electrons. The van der Waals surface area contributed by atoms with E-state index >= 15 is 0 Å². The minimum absolute atomic E-state index is 0.152. The van der Waals surface area contributed by atoms with Crippen LogP contribution >= 0.6 is 0 Å². The van der Waals surface area contributed by atoms with E-state index in [0.717, 1.165) is 16.5 Å². The Morgan fingerprint density at radius 2 is 1.69 bits per heavy atom. The van der Waals surface area contributed by atoms with Crippen molar-refractivity contribution in [1.82, 2.24) is 10.6 Å². The lowest BCUT2D eigenvalue weighted by atomic mass is 10.0. The molecule has 0 unspecified atom stereocenters. The molecule has 5 nitrogen and oxygen atoms in total. The summed E-state index contributed by atoms with van der Waals surface area (Å²) in [6.07, 6.45) is 0.161. The third-order valence-electron chi connectivity index (χ3n) is 4.22. The topological polar surface area (TPSA) is 71.3 Å². The molecule has 3 rings (SSSR count). The van der Waals surface area contributed by atoms with Crippen molar-refractivity contribution in [3.05, 3.63) is 72.0 Å². The molecule has 0 saturated heterocycles. The number of para-hydroxylation sites is 1. The van der Waals surface area contributed by atoms with Crippen molar-refractivity contribution >= 4 is 22.8 Å². The van der Waals surface area contributed by atoms with E-state index in [9.17, 15) is 9.59 Å². The van der Waals surface area contributed by atoms with E-state index in [1.807, 2.05) is 67.6 Å². The van der Waals surface area contributed by atoms with Gasteiger partial charge in [-0.05, 0) is 24.6 Å². The molecule has 26 heavy (non-hydrogen) atoms. The van der Waals surface area contributed by atoms with Crippen molar-refractivity contribution in [2.75, 3.05) is 0 Å². The molecule has 0 aliphatic carbocycles. The zero-order valence-corrected chi connectivity index (χ0v) is 14.9. The lowest BCUT2D eigenvalue weighted by Crippen LogP contribution is -2.33. The second-order valence-electron chi connectivity index (χ2n) is 6.34. The fourth-order valence-electron chi connectivity index (χ4n) is 2.96. The number of carbonyl (C=O) groups is 2. The highest BCUT2D eigenvalue weighted by Crippen LogP contribution is 2.24. The summed E-state index contributed by atoms with van der Waals surface area (Å²) >= 11 is 0. The van der Waals surface area contributed by atoms with Gasteiger partial charge in [0.2, 0.25) is 11.8 Å². The number of hydrogen-bond acceptors (Lipinski definition) is 3. The second kappa shape index (κ2) is 7.87. The van der Waals surface area contributed by atoms with E-state index in [1.54, 1.807) is 0 Å². The van der Waals surface area contributed by atoms with E-state index in [2.05, 4.69) is 10.6 Å². The number of furan rings is 1. The Bertz CT molecular complexity index is 869. The van der Waals surface area contributed by atoms with Gasteiger partial charge in [0.15, 0.2) is 0 Å². The molecule has 0 bridgehead atoms. The van der Waals surface area contributed by atoms with E-state index in [0.29, 0.717) is 5.76 Å². The van der Waals surface area contributed by atoms with Crippen LogP contribution in [0, 0.1) is 0 Å². The number of carbonyl (C=O) groups excluding carboxylic acids is 2. The molecule has 0 aliphatic rings. The first-order valence-electron chi connectivity index (χ1n) is 8.63. The Kier molecular flexibility index (Phi) is 5.37. The predicted octanol–water partition coefficient (Wildman–Crippen LogP) is 3.88. The molecular formula is C21H22N2O3. The Morgan fingerprint density at radius 1 is 1.00 bits per heavy atom. The number of nitrogens with one attached hydrogen (secondary N) is 2. The van der Waals surface area contributed by atoms with Crippen LogP contribution in [-0.2, 0) is 9.59 Å². The van der Waals surface area contributed by atoms with Crippen molar-refractivity contribution in [2.24, 2.45) is 0 Å². The van der Waals surface area contributed by atoms with E-state index < -0.39 is 0 Å². The van der Waals surface area contributed by atoms with Crippen molar-refractivity contribution in [1.29, 1.82) is 0 Å². The number of benzene rings is 2. The summed E-state index contributed by atoms with van der Waals surface area (Å²) in [6, 6.07) is 18.5. The zero-order chi connectivity index (χ0) is 18.5. The third-order valence-corrected chi connectivity index (χ3v) is 4.22. The maximum absolute atomic E-state index is 12.5. The molecule has 0 saturated carbocycles. The fourth-order valence-corrected chi connectivity index (χ4v) is 2.96. The maximum atomic E-state index is 12.5. The Labute approximate surface area is 152 Å².